The van der Waals surface area contributed by atoms with E-state index < -0.39 is 5.60 Å². The van der Waals surface area contributed by atoms with Gasteiger partial charge in [-0.3, -0.25) is 4.79 Å². The fourth-order valence-electron chi connectivity index (χ4n) is 2.38. The molecule has 0 bridgehead atoms. The van der Waals surface area contributed by atoms with E-state index in [-0.39, 0.29) is 5.78 Å². The lowest BCUT2D eigenvalue weighted by molar-refractivity contribution is 0.0515. The minimum absolute atomic E-state index is 0.269. The van der Waals surface area contributed by atoms with Crippen molar-refractivity contribution < 1.29 is 9.90 Å². The predicted octanol–water partition coefficient (Wildman–Crippen LogP) is 3.09. The Kier molecular flexibility index (Phi) is 2.61. The largest absolute Gasteiger partial charge is 0.373 e. The Bertz CT molecular complexity index is 668. The molecule has 0 amide bonds. The van der Waals surface area contributed by atoms with Gasteiger partial charge in [-0.15, -0.1) is 0 Å². The van der Waals surface area contributed by atoms with Gasteiger partial charge in [0.25, 0.3) is 0 Å². The second-order valence-corrected chi connectivity index (χ2v) is 4.88. The zero-order valence-electron chi connectivity index (χ0n) is 10.6. The molecule has 1 N–H and O–H groups in total. The highest BCUT2D eigenvalue weighted by molar-refractivity contribution is 6.09. The number of Topliss-reactive ketones (excluding diaryl/α,β-unsaturated/α-hetero) is 1. The molecule has 2 nitrogen and oxygen atoms in total. The zero-order chi connectivity index (χ0) is 13.5. The summed E-state index contributed by atoms with van der Waals surface area (Å²) in [4.78, 5) is 12.5. The van der Waals surface area contributed by atoms with Gasteiger partial charge in [0, 0.05) is 5.56 Å². The molecular formula is C17H14O2. The number of aryl methyl sites for hydroxylation is 1. The molecule has 0 spiro atoms. The van der Waals surface area contributed by atoms with Gasteiger partial charge in [-0.2, -0.15) is 0 Å². The number of rotatable bonds is 1. The summed E-state index contributed by atoms with van der Waals surface area (Å²) in [5, 5.41) is 10.7. The number of ketones is 1. The zero-order valence-corrected chi connectivity index (χ0v) is 10.6. The minimum Gasteiger partial charge on any atom is -0.373 e. The van der Waals surface area contributed by atoms with Crippen LogP contribution in [0.15, 0.2) is 54.6 Å². The maximum atomic E-state index is 12.5. The van der Waals surface area contributed by atoms with Crippen LogP contribution in [0.5, 0.6) is 0 Å². The molecular weight excluding hydrogens is 236 g/mol. The van der Waals surface area contributed by atoms with Gasteiger partial charge in [0.05, 0.1) is 0 Å². The number of carbonyl (C=O) groups excluding carboxylic acids is 1. The number of carbonyl (C=O) groups is 1. The van der Waals surface area contributed by atoms with E-state index in [1.807, 2.05) is 37.3 Å². The number of hydrogen-bond acceptors (Lipinski definition) is 2. The van der Waals surface area contributed by atoms with Crippen LogP contribution in [0.1, 0.15) is 27.0 Å². The van der Waals surface area contributed by atoms with Crippen LogP contribution < -0.4 is 0 Å². The molecule has 0 fully saturated rings. The summed E-state index contributed by atoms with van der Waals surface area (Å²) in [6, 6.07) is 14.7. The standard InChI is InChI=1S/C17H14O2/c1-12-6-8-14(9-7-12)17(19)11-10-13-4-2-3-5-15(13)16(17)18/h2-11,19H,1H3. The van der Waals surface area contributed by atoms with Crippen molar-refractivity contribution in [1.29, 1.82) is 0 Å². The first-order chi connectivity index (χ1) is 9.11. The van der Waals surface area contributed by atoms with E-state index in [4.69, 9.17) is 0 Å². The Labute approximate surface area is 112 Å². The van der Waals surface area contributed by atoms with Crippen LogP contribution in [0.25, 0.3) is 6.08 Å². The fraction of sp³-hybridized carbons (Fsp3) is 0.118. The van der Waals surface area contributed by atoms with Crippen molar-refractivity contribution in [3.05, 3.63) is 76.9 Å². The van der Waals surface area contributed by atoms with Gasteiger partial charge >= 0.3 is 0 Å². The Morgan fingerprint density at radius 1 is 1.00 bits per heavy atom. The van der Waals surface area contributed by atoms with Gasteiger partial charge in [0.1, 0.15) is 0 Å². The Balaban J connectivity index is 2.13. The maximum Gasteiger partial charge on any atom is 0.203 e. The third kappa shape index (κ3) is 1.81. The lowest BCUT2D eigenvalue weighted by Crippen LogP contribution is -2.36. The van der Waals surface area contributed by atoms with E-state index in [0.29, 0.717) is 11.1 Å². The second kappa shape index (κ2) is 4.18. The van der Waals surface area contributed by atoms with Crippen molar-refractivity contribution in [1.82, 2.24) is 0 Å². The molecule has 0 saturated carbocycles. The summed E-state index contributed by atoms with van der Waals surface area (Å²) in [6.45, 7) is 1.97. The predicted molar refractivity (Wildman–Crippen MR) is 74.9 cm³/mol. The van der Waals surface area contributed by atoms with Crippen LogP contribution in [0.3, 0.4) is 0 Å². The van der Waals surface area contributed by atoms with Gasteiger partial charge in [-0.25, -0.2) is 0 Å². The van der Waals surface area contributed by atoms with E-state index in [1.54, 1.807) is 30.4 Å². The van der Waals surface area contributed by atoms with Crippen molar-refractivity contribution in [3.8, 4) is 0 Å². The first-order valence-electron chi connectivity index (χ1n) is 6.24. The summed E-state index contributed by atoms with van der Waals surface area (Å²) in [7, 11) is 0. The molecule has 0 aromatic heterocycles. The number of fused-ring (bicyclic) bond motifs is 1. The van der Waals surface area contributed by atoms with Crippen LogP contribution in [0.4, 0.5) is 0 Å². The molecule has 3 rings (SSSR count). The van der Waals surface area contributed by atoms with Crippen LogP contribution in [0.2, 0.25) is 0 Å². The molecule has 1 aliphatic carbocycles. The molecule has 1 unspecified atom stereocenters. The molecule has 2 heteroatoms. The molecule has 94 valence electrons. The molecule has 0 radical (unpaired) electrons. The summed E-state index contributed by atoms with van der Waals surface area (Å²) < 4.78 is 0. The molecule has 0 aliphatic heterocycles. The van der Waals surface area contributed by atoms with Gasteiger partial charge in [-0.05, 0) is 24.1 Å². The third-order valence-electron chi connectivity index (χ3n) is 3.55. The fourth-order valence-corrected chi connectivity index (χ4v) is 2.38. The Morgan fingerprint density at radius 2 is 1.68 bits per heavy atom. The Hall–Kier alpha value is -2.19. The van der Waals surface area contributed by atoms with Crippen LogP contribution in [0, 0.1) is 6.92 Å². The number of benzene rings is 2. The lowest BCUT2D eigenvalue weighted by Gasteiger charge is -2.27. The van der Waals surface area contributed by atoms with E-state index >= 15 is 0 Å². The number of aliphatic hydroxyl groups is 1. The highest BCUT2D eigenvalue weighted by atomic mass is 16.3. The molecule has 1 aliphatic rings. The van der Waals surface area contributed by atoms with E-state index in [9.17, 15) is 9.90 Å². The number of hydrogen-bond donors (Lipinski definition) is 1. The monoisotopic (exact) mass is 250 g/mol. The third-order valence-corrected chi connectivity index (χ3v) is 3.55. The molecule has 0 saturated heterocycles. The van der Waals surface area contributed by atoms with Gasteiger partial charge in [0.15, 0.2) is 5.60 Å². The summed E-state index contributed by atoms with van der Waals surface area (Å²) in [5.41, 5.74) is 1.56. The normalized spacial score (nSPS) is 21.3. The van der Waals surface area contributed by atoms with Crippen molar-refractivity contribution in [2.75, 3.05) is 0 Å². The highest BCUT2D eigenvalue weighted by Gasteiger charge is 2.38. The average molecular weight is 250 g/mol. The van der Waals surface area contributed by atoms with Crippen molar-refractivity contribution in [2.24, 2.45) is 0 Å². The van der Waals surface area contributed by atoms with E-state index in [1.165, 1.54) is 0 Å². The quantitative estimate of drug-likeness (QED) is 0.844. The SMILES string of the molecule is Cc1ccc(C2(O)C=Cc3ccccc3C2=O)cc1. The van der Waals surface area contributed by atoms with Crippen molar-refractivity contribution >= 4 is 11.9 Å². The van der Waals surface area contributed by atoms with Gasteiger partial charge in [0.2, 0.25) is 5.78 Å². The summed E-state index contributed by atoms with van der Waals surface area (Å²) in [5.74, 6) is -0.269. The van der Waals surface area contributed by atoms with Gasteiger partial charge in [-0.1, -0.05) is 60.2 Å². The molecule has 19 heavy (non-hydrogen) atoms. The van der Waals surface area contributed by atoms with Crippen LogP contribution >= 0.6 is 0 Å². The van der Waals surface area contributed by atoms with Crippen molar-refractivity contribution in [3.63, 3.8) is 0 Å². The summed E-state index contributed by atoms with van der Waals surface area (Å²) in [6.07, 6.45) is 3.37. The summed E-state index contributed by atoms with van der Waals surface area (Å²) >= 11 is 0. The first kappa shape index (κ1) is 11.9. The second-order valence-electron chi connectivity index (χ2n) is 4.88. The molecule has 2 aromatic carbocycles. The lowest BCUT2D eigenvalue weighted by atomic mass is 9.80. The van der Waals surface area contributed by atoms with Crippen LogP contribution in [-0.2, 0) is 5.60 Å². The topological polar surface area (TPSA) is 37.3 Å². The molecule has 1 atom stereocenters. The van der Waals surface area contributed by atoms with Crippen LogP contribution in [-0.4, -0.2) is 10.9 Å². The van der Waals surface area contributed by atoms with E-state index in [0.717, 1.165) is 11.1 Å². The van der Waals surface area contributed by atoms with Gasteiger partial charge < -0.3 is 5.11 Å². The average Bonchev–Trinajstić information content (AvgIpc) is 2.44. The molecule has 2 aromatic rings. The van der Waals surface area contributed by atoms with E-state index in [2.05, 4.69) is 0 Å². The minimum atomic E-state index is -1.55. The maximum absolute atomic E-state index is 12.5. The Morgan fingerprint density at radius 3 is 2.42 bits per heavy atom. The molecule has 0 heterocycles. The highest BCUT2D eigenvalue weighted by Crippen LogP contribution is 2.33. The first-order valence-corrected chi connectivity index (χ1v) is 6.24. The van der Waals surface area contributed by atoms with Crippen molar-refractivity contribution in [2.45, 2.75) is 12.5 Å². The smallest absolute Gasteiger partial charge is 0.203 e.